The van der Waals surface area contributed by atoms with Crippen molar-refractivity contribution >= 4 is 11.9 Å². The summed E-state index contributed by atoms with van der Waals surface area (Å²) in [5, 5.41) is 5.66. The van der Waals surface area contributed by atoms with E-state index in [1.807, 2.05) is 23.1 Å². The number of carbonyl (C=O) groups excluding carboxylic acids is 2. The molecule has 0 aliphatic carbocycles. The van der Waals surface area contributed by atoms with Gasteiger partial charge in [0.25, 0.3) is 0 Å². The predicted octanol–water partition coefficient (Wildman–Crippen LogP) is 1.83. The van der Waals surface area contributed by atoms with Gasteiger partial charge in [-0.3, -0.25) is 4.79 Å². The third-order valence-corrected chi connectivity index (χ3v) is 4.47. The monoisotopic (exact) mass is 347 g/mol. The van der Waals surface area contributed by atoms with Crippen LogP contribution >= 0.6 is 0 Å². The van der Waals surface area contributed by atoms with Crippen molar-refractivity contribution in [3.63, 3.8) is 0 Å². The van der Waals surface area contributed by atoms with E-state index < -0.39 is 0 Å². The fourth-order valence-electron chi connectivity index (χ4n) is 3.27. The summed E-state index contributed by atoms with van der Waals surface area (Å²) in [4.78, 5) is 25.2. The molecular weight excluding hydrogens is 322 g/mol. The lowest BCUT2D eigenvalue weighted by atomic mass is 10.0. The van der Waals surface area contributed by atoms with Crippen LogP contribution in [0.3, 0.4) is 0 Å². The maximum Gasteiger partial charge on any atom is 0.317 e. The number of amides is 3. The third kappa shape index (κ3) is 4.35. The Morgan fingerprint density at radius 3 is 2.72 bits per heavy atom. The molecule has 0 saturated carbocycles. The molecular formula is C18H25N3O4. The molecule has 7 nitrogen and oxygen atoms in total. The van der Waals surface area contributed by atoms with Crippen LogP contribution in [0, 0.1) is 0 Å². The Kier molecular flexibility index (Phi) is 5.63. The lowest BCUT2D eigenvalue weighted by molar-refractivity contribution is -0.118. The maximum absolute atomic E-state index is 12.5. The van der Waals surface area contributed by atoms with Gasteiger partial charge in [0, 0.05) is 26.6 Å². The minimum atomic E-state index is -0.0554. The van der Waals surface area contributed by atoms with Crippen LogP contribution in [0.5, 0.6) is 11.5 Å². The maximum atomic E-state index is 12.5. The van der Waals surface area contributed by atoms with Crippen molar-refractivity contribution < 1.29 is 19.1 Å². The molecule has 1 unspecified atom stereocenters. The first-order valence-corrected chi connectivity index (χ1v) is 8.83. The number of hydrogen-bond acceptors (Lipinski definition) is 4. The first kappa shape index (κ1) is 17.4. The minimum absolute atomic E-state index is 0.0514. The van der Waals surface area contributed by atoms with Crippen molar-refractivity contribution in [1.29, 1.82) is 0 Å². The molecule has 3 amide bonds. The molecule has 136 valence electrons. The highest BCUT2D eigenvalue weighted by atomic mass is 16.6. The van der Waals surface area contributed by atoms with Crippen LogP contribution in [-0.4, -0.2) is 49.7 Å². The Morgan fingerprint density at radius 2 is 1.92 bits per heavy atom. The van der Waals surface area contributed by atoms with Crippen LogP contribution in [0.25, 0.3) is 0 Å². The summed E-state index contributed by atoms with van der Waals surface area (Å²) in [6.45, 7) is 4.48. The molecule has 0 bridgehead atoms. The van der Waals surface area contributed by atoms with Crippen LogP contribution in [0.2, 0.25) is 0 Å². The van der Waals surface area contributed by atoms with Crippen LogP contribution < -0.4 is 20.1 Å². The number of nitrogens with zero attached hydrogens (tertiary/aromatic N) is 1. The van der Waals surface area contributed by atoms with Crippen LogP contribution in [0.4, 0.5) is 4.79 Å². The van der Waals surface area contributed by atoms with Gasteiger partial charge in [-0.1, -0.05) is 6.07 Å². The van der Waals surface area contributed by atoms with E-state index in [0.29, 0.717) is 32.7 Å². The van der Waals surface area contributed by atoms with E-state index in [4.69, 9.17) is 9.47 Å². The molecule has 1 atom stereocenters. The molecule has 1 saturated heterocycles. The molecule has 1 aromatic carbocycles. The van der Waals surface area contributed by atoms with Gasteiger partial charge in [-0.05, 0) is 37.0 Å². The molecule has 2 N–H and O–H groups in total. The first-order valence-electron chi connectivity index (χ1n) is 8.83. The Labute approximate surface area is 147 Å². The van der Waals surface area contributed by atoms with Gasteiger partial charge in [0.1, 0.15) is 13.2 Å². The highest BCUT2D eigenvalue weighted by Crippen LogP contribution is 2.37. The Morgan fingerprint density at radius 1 is 1.16 bits per heavy atom. The number of hydrogen-bond donors (Lipinski definition) is 2. The van der Waals surface area contributed by atoms with Gasteiger partial charge in [0.15, 0.2) is 11.5 Å². The van der Waals surface area contributed by atoms with Crippen molar-refractivity contribution in [3.8, 4) is 11.5 Å². The van der Waals surface area contributed by atoms with Gasteiger partial charge in [-0.2, -0.15) is 0 Å². The van der Waals surface area contributed by atoms with Crippen molar-refractivity contribution in [3.05, 3.63) is 23.8 Å². The van der Waals surface area contributed by atoms with E-state index in [0.717, 1.165) is 36.4 Å². The molecule has 3 rings (SSSR count). The van der Waals surface area contributed by atoms with E-state index in [-0.39, 0.29) is 18.0 Å². The fourth-order valence-corrected chi connectivity index (χ4v) is 3.27. The van der Waals surface area contributed by atoms with Crippen molar-refractivity contribution in [1.82, 2.24) is 15.5 Å². The smallest absolute Gasteiger partial charge is 0.317 e. The summed E-state index contributed by atoms with van der Waals surface area (Å²) in [7, 11) is 0. The highest BCUT2D eigenvalue weighted by molar-refractivity contribution is 5.75. The van der Waals surface area contributed by atoms with Crippen LogP contribution in [0.15, 0.2) is 18.2 Å². The standard InChI is InChI=1S/C18H25N3O4/c1-13(22)19-7-3-8-20-18(23)21-9-2-4-15(21)14-5-6-16-17(12-14)25-11-10-24-16/h5-6,12,15H,2-4,7-11H2,1H3,(H,19,22)(H,20,23). The molecule has 0 aromatic heterocycles. The lowest BCUT2D eigenvalue weighted by Gasteiger charge is -2.27. The molecule has 2 heterocycles. The van der Waals surface area contributed by atoms with Crippen LogP contribution in [0.1, 0.15) is 37.8 Å². The van der Waals surface area contributed by atoms with Gasteiger partial charge in [-0.25, -0.2) is 4.79 Å². The zero-order valence-electron chi connectivity index (χ0n) is 14.5. The van der Waals surface area contributed by atoms with E-state index in [2.05, 4.69) is 10.6 Å². The molecule has 1 fully saturated rings. The number of nitrogens with one attached hydrogen (secondary N) is 2. The van der Waals surface area contributed by atoms with Gasteiger partial charge >= 0.3 is 6.03 Å². The largest absolute Gasteiger partial charge is 0.486 e. The number of urea groups is 1. The number of carbonyl (C=O) groups is 2. The normalized spacial score (nSPS) is 18.8. The van der Waals surface area contributed by atoms with E-state index in [9.17, 15) is 9.59 Å². The Balaban J connectivity index is 1.56. The summed E-state index contributed by atoms with van der Waals surface area (Å²) in [5.74, 6) is 1.47. The zero-order chi connectivity index (χ0) is 17.6. The minimum Gasteiger partial charge on any atom is -0.486 e. The molecule has 1 aromatic rings. The van der Waals surface area contributed by atoms with Crippen molar-refractivity contribution in [2.24, 2.45) is 0 Å². The summed E-state index contributed by atoms with van der Waals surface area (Å²) < 4.78 is 11.2. The van der Waals surface area contributed by atoms with Crippen LogP contribution in [-0.2, 0) is 4.79 Å². The van der Waals surface area contributed by atoms with Gasteiger partial charge < -0.3 is 25.0 Å². The van der Waals surface area contributed by atoms with Gasteiger partial charge in [-0.15, -0.1) is 0 Å². The average Bonchev–Trinajstić information content (AvgIpc) is 3.10. The lowest BCUT2D eigenvalue weighted by Crippen LogP contribution is -2.40. The van der Waals surface area contributed by atoms with Gasteiger partial charge in [0.2, 0.25) is 5.91 Å². The van der Waals surface area contributed by atoms with E-state index in [1.54, 1.807) is 0 Å². The number of likely N-dealkylation sites (tertiary alicyclic amines) is 1. The SMILES string of the molecule is CC(=O)NCCCNC(=O)N1CCCC1c1ccc2c(c1)OCCO2. The summed E-state index contributed by atoms with van der Waals surface area (Å²) in [5.41, 5.74) is 1.08. The molecule has 7 heteroatoms. The first-order chi connectivity index (χ1) is 12.1. The second-order valence-electron chi connectivity index (χ2n) is 6.32. The highest BCUT2D eigenvalue weighted by Gasteiger charge is 2.30. The zero-order valence-corrected chi connectivity index (χ0v) is 14.5. The summed E-state index contributed by atoms with van der Waals surface area (Å²) in [6, 6.07) is 5.93. The van der Waals surface area contributed by atoms with Gasteiger partial charge in [0.05, 0.1) is 6.04 Å². The number of rotatable bonds is 5. The third-order valence-electron chi connectivity index (χ3n) is 4.47. The van der Waals surface area contributed by atoms with Crippen molar-refractivity contribution in [2.75, 3.05) is 32.8 Å². The fraction of sp³-hybridized carbons (Fsp3) is 0.556. The number of benzene rings is 1. The Hall–Kier alpha value is -2.44. The summed E-state index contributed by atoms with van der Waals surface area (Å²) >= 11 is 0. The molecule has 0 spiro atoms. The summed E-state index contributed by atoms with van der Waals surface area (Å²) in [6.07, 6.45) is 2.64. The second kappa shape index (κ2) is 8.09. The van der Waals surface area contributed by atoms with Crippen molar-refractivity contribution in [2.45, 2.75) is 32.2 Å². The van der Waals surface area contributed by atoms with E-state index in [1.165, 1.54) is 6.92 Å². The molecule has 2 aliphatic rings. The topological polar surface area (TPSA) is 79.9 Å². The number of ether oxygens (including phenoxy) is 2. The van der Waals surface area contributed by atoms with E-state index >= 15 is 0 Å². The quantitative estimate of drug-likeness (QED) is 0.797. The number of fused-ring (bicyclic) bond motifs is 1. The molecule has 2 aliphatic heterocycles. The molecule has 0 radical (unpaired) electrons. The predicted molar refractivity (Wildman–Crippen MR) is 92.8 cm³/mol. The Bertz CT molecular complexity index is 635. The molecule has 25 heavy (non-hydrogen) atoms. The second-order valence-corrected chi connectivity index (χ2v) is 6.32. The average molecular weight is 347 g/mol.